The molecule has 0 fully saturated rings. The number of aliphatic hydroxyl groups excluding tert-OH is 2. The van der Waals surface area contributed by atoms with Crippen molar-refractivity contribution in [3.8, 4) is 5.75 Å². The van der Waals surface area contributed by atoms with E-state index in [1.807, 2.05) is 0 Å². The van der Waals surface area contributed by atoms with Crippen molar-refractivity contribution in [2.75, 3.05) is 33.4 Å². The van der Waals surface area contributed by atoms with Gasteiger partial charge in [0.25, 0.3) is 0 Å². The second-order valence-electron chi connectivity index (χ2n) is 4.25. The molecule has 0 spiro atoms. The standard InChI is InChI=1S/C14H21NO4/c1-11(15(7-9-16)8-10-17)14(18)12-3-5-13(19-2)6-4-12/h3-6,11,16-17H,7-10H2,1-2H3. The molecular weight excluding hydrogens is 246 g/mol. The van der Waals surface area contributed by atoms with Gasteiger partial charge in [-0.25, -0.2) is 0 Å². The van der Waals surface area contributed by atoms with Gasteiger partial charge in [-0.1, -0.05) is 0 Å². The van der Waals surface area contributed by atoms with Crippen LogP contribution < -0.4 is 4.74 Å². The molecular formula is C14H21NO4. The molecule has 1 aromatic carbocycles. The third kappa shape index (κ3) is 4.31. The van der Waals surface area contributed by atoms with Crippen LogP contribution in [0.15, 0.2) is 24.3 Å². The Morgan fingerprint density at radius 3 is 2.16 bits per heavy atom. The second-order valence-corrected chi connectivity index (χ2v) is 4.25. The number of benzene rings is 1. The van der Waals surface area contributed by atoms with E-state index >= 15 is 0 Å². The Labute approximate surface area is 113 Å². The highest BCUT2D eigenvalue weighted by Crippen LogP contribution is 2.14. The van der Waals surface area contributed by atoms with Crippen LogP contribution in [0.4, 0.5) is 0 Å². The summed E-state index contributed by atoms with van der Waals surface area (Å²) in [6, 6.07) is 6.53. The Bertz CT molecular complexity index is 385. The van der Waals surface area contributed by atoms with Crippen molar-refractivity contribution in [2.24, 2.45) is 0 Å². The zero-order valence-electron chi connectivity index (χ0n) is 11.4. The number of aliphatic hydroxyl groups is 2. The van der Waals surface area contributed by atoms with Crippen LogP contribution in [-0.2, 0) is 0 Å². The number of hydrogen-bond acceptors (Lipinski definition) is 5. The minimum absolute atomic E-state index is 0.0375. The average Bonchev–Trinajstić information content (AvgIpc) is 2.45. The van der Waals surface area contributed by atoms with Crippen molar-refractivity contribution in [1.82, 2.24) is 4.90 Å². The lowest BCUT2D eigenvalue weighted by Crippen LogP contribution is -2.42. The highest BCUT2D eigenvalue weighted by atomic mass is 16.5. The van der Waals surface area contributed by atoms with Gasteiger partial charge in [0.1, 0.15) is 5.75 Å². The van der Waals surface area contributed by atoms with Crippen LogP contribution in [0.25, 0.3) is 0 Å². The van der Waals surface area contributed by atoms with E-state index < -0.39 is 0 Å². The van der Waals surface area contributed by atoms with E-state index in [2.05, 4.69) is 0 Å². The quantitative estimate of drug-likeness (QED) is 0.673. The van der Waals surface area contributed by atoms with Crippen LogP contribution in [-0.4, -0.2) is 60.4 Å². The first-order valence-corrected chi connectivity index (χ1v) is 6.28. The number of ether oxygens (including phenoxy) is 1. The molecule has 1 rings (SSSR count). The van der Waals surface area contributed by atoms with E-state index in [0.717, 1.165) is 0 Å². The molecule has 0 saturated heterocycles. The second kappa shape index (κ2) is 7.89. The summed E-state index contributed by atoms with van der Waals surface area (Å²) in [4.78, 5) is 14.0. The first-order chi connectivity index (χ1) is 9.13. The predicted molar refractivity (Wildman–Crippen MR) is 72.5 cm³/mol. The third-order valence-corrected chi connectivity index (χ3v) is 3.08. The smallest absolute Gasteiger partial charge is 0.179 e. The molecule has 0 aliphatic heterocycles. The lowest BCUT2D eigenvalue weighted by Gasteiger charge is -2.26. The molecule has 0 bridgehead atoms. The van der Waals surface area contributed by atoms with Crippen molar-refractivity contribution in [3.05, 3.63) is 29.8 Å². The number of ketones is 1. The van der Waals surface area contributed by atoms with Crippen LogP contribution in [0.1, 0.15) is 17.3 Å². The fourth-order valence-corrected chi connectivity index (χ4v) is 1.92. The third-order valence-electron chi connectivity index (χ3n) is 3.08. The first kappa shape index (κ1) is 15.6. The Hall–Kier alpha value is -1.43. The van der Waals surface area contributed by atoms with Crippen molar-refractivity contribution < 1.29 is 19.7 Å². The molecule has 19 heavy (non-hydrogen) atoms. The van der Waals surface area contributed by atoms with E-state index in [4.69, 9.17) is 14.9 Å². The molecule has 0 aliphatic rings. The largest absolute Gasteiger partial charge is 0.497 e. The maximum Gasteiger partial charge on any atom is 0.179 e. The van der Waals surface area contributed by atoms with Crippen molar-refractivity contribution >= 4 is 5.78 Å². The van der Waals surface area contributed by atoms with Crippen molar-refractivity contribution in [1.29, 1.82) is 0 Å². The monoisotopic (exact) mass is 267 g/mol. The molecule has 1 atom stereocenters. The number of nitrogens with zero attached hydrogens (tertiary/aromatic N) is 1. The van der Waals surface area contributed by atoms with Gasteiger partial charge >= 0.3 is 0 Å². The first-order valence-electron chi connectivity index (χ1n) is 6.28. The van der Waals surface area contributed by atoms with E-state index in [9.17, 15) is 4.79 Å². The van der Waals surface area contributed by atoms with Gasteiger partial charge in [0.15, 0.2) is 5.78 Å². The van der Waals surface area contributed by atoms with E-state index in [1.54, 1.807) is 43.2 Å². The minimum atomic E-state index is -0.382. The number of methoxy groups -OCH3 is 1. The molecule has 5 heteroatoms. The summed E-state index contributed by atoms with van der Waals surface area (Å²) in [5.74, 6) is 0.663. The van der Waals surface area contributed by atoms with Gasteiger partial charge in [-0.15, -0.1) is 0 Å². The molecule has 0 aromatic heterocycles. The fourth-order valence-electron chi connectivity index (χ4n) is 1.92. The van der Waals surface area contributed by atoms with Crippen molar-refractivity contribution in [2.45, 2.75) is 13.0 Å². The summed E-state index contributed by atoms with van der Waals surface area (Å²) in [5.41, 5.74) is 0.592. The van der Waals surface area contributed by atoms with Crippen LogP contribution in [0, 0.1) is 0 Å². The topological polar surface area (TPSA) is 70.0 Å². The van der Waals surface area contributed by atoms with Gasteiger partial charge in [0, 0.05) is 18.7 Å². The summed E-state index contributed by atoms with van der Waals surface area (Å²) in [6.07, 6.45) is 0. The van der Waals surface area contributed by atoms with E-state index in [-0.39, 0.29) is 25.0 Å². The highest BCUT2D eigenvalue weighted by Gasteiger charge is 2.21. The summed E-state index contributed by atoms with van der Waals surface area (Å²) in [5, 5.41) is 18.0. The molecule has 0 heterocycles. The minimum Gasteiger partial charge on any atom is -0.497 e. The van der Waals surface area contributed by atoms with Crippen LogP contribution in [0.5, 0.6) is 5.75 Å². The molecule has 1 unspecified atom stereocenters. The molecule has 0 aliphatic carbocycles. The van der Waals surface area contributed by atoms with Gasteiger partial charge in [-0.3, -0.25) is 9.69 Å². The lowest BCUT2D eigenvalue weighted by atomic mass is 10.0. The molecule has 2 N–H and O–H groups in total. The van der Waals surface area contributed by atoms with Gasteiger partial charge < -0.3 is 14.9 Å². The number of carbonyl (C=O) groups excluding carboxylic acids is 1. The summed E-state index contributed by atoms with van der Waals surface area (Å²) >= 11 is 0. The van der Waals surface area contributed by atoms with Crippen LogP contribution in [0.2, 0.25) is 0 Å². The Kier molecular flexibility index (Phi) is 6.49. The molecule has 106 valence electrons. The van der Waals surface area contributed by atoms with Gasteiger partial charge in [0.05, 0.1) is 26.4 Å². The number of Topliss-reactive ketones (excluding diaryl/α,β-unsaturated/α-hetero) is 1. The fraction of sp³-hybridized carbons (Fsp3) is 0.500. The number of carbonyl (C=O) groups is 1. The summed E-state index contributed by atoms with van der Waals surface area (Å²) in [7, 11) is 1.57. The zero-order chi connectivity index (χ0) is 14.3. The zero-order valence-corrected chi connectivity index (χ0v) is 11.4. The van der Waals surface area contributed by atoms with Crippen molar-refractivity contribution in [3.63, 3.8) is 0 Å². The van der Waals surface area contributed by atoms with Crippen LogP contribution >= 0.6 is 0 Å². The summed E-state index contributed by atoms with van der Waals surface area (Å²) in [6.45, 7) is 2.42. The van der Waals surface area contributed by atoms with Gasteiger partial charge in [0.2, 0.25) is 0 Å². The highest BCUT2D eigenvalue weighted by molar-refractivity contribution is 5.99. The van der Waals surface area contributed by atoms with Gasteiger partial charge in [-0.2, -0.15) is 0 Å². The molecule has 0 saturated carbocycles. The van der Waals surface area contributed by atoms with Gasteiger partial charge in [-0.05, 0) is 31.2 Å². The normalized spacial score (nSPS) is 12.5. The predicted octanol–water partition coefficient (Wildman–Crippen LogP) is 0.553. The lowest BCUT2D eigenvalue weighted by molar-refractivity contribution is 0.0769. The Morgan fingerprint density at radius 1 is 1.21 bits per heavy atom. The maximum atomic E-state index is 12.3. The van der Waals surface area contributed by atoms with E-state index in [0.29, 0.717) is 24.4 Å². The number of hydrogen-bond donors (Lipinski definition) is 2. The van der Waals surface area contributed by atoms with Crippen LogP contribution in [0.3, 0.4) is 0 Å². The number of rotatable bonds is 8. The molecule has 1 aromatic rings. The summed E-state index contributed by atoms with van der Waals surface area (Å²) < 4.78 is 5.05. The maximum absolute atomic E-state index is 12.3. The Balaban J connectivity index is 2.78. The van der Waals surface area contributed by atoms with E-state index in [1.165, 1.54) is 0 Å². The SMILES string of the molecule is COc1ccc(C(=O)C(C)N(CCO)CCO)cc1. The molecule has 5 nitrogen and oxygen atoms in total. The Morgan fingerprint density at radius 2 is 1.74 bits per heavy atom. The molecule has 0 amide bonds. The molecule has 0 radical (unpaired) electrons. The average molecular weight is 267 g/mol.